The topological polar surface area (TPSA) is 76.7 Å². The lowest BCUT2D eigenvalue weighted by molar-refractivity contribution is -0.144. The Morgan fingerprint density at radius 2 is 1.00 bits per heavy atom. The molecule has 0 aromatic carbocycles. The SMILES string of the molecule is CCCCCCOC(=O)CCNCCCCNCCC(=O)OCCCCCC. The molecule has 0 spiro atoms. The van der Waals surface area contributed by atoms with E-state index in [1.807, 2.05) is 0 Å². The molecule has 6 nitrogen and oxygen atoms in total. The van der Waals surface area contributed by atoms with Gasteiger partial charge in [0.25, 0.3) is 0 Å². The third-order valence-electron chi connectivity index (χ3n) is 4.49. The molecule has 0 unspecified atom stereocenters. The number of esters is 2. The number of rotatable bonds is 21. The van der Waals surface area contributed by atoms with Gasteiger partial charge >= 0.3 is 11.9 Å². The molecule has 0 saturated carbocycles. The van der Waals surface area contributed by atoms with E-state index in [1.165, 1.54) is 25.7 Å². The Bertz CT molecular complexity index is 330. The molecule has 0 saturated heterocycles. The first-order chi connectivity index (χ1) is 13.7. The van der Waals surface area contributed by atoms with E-state index in [2.05, 4.69) is 24.5 Å². The number of nitrogens with one attached hydrogen (secondary N) is 2. The third kappa shape index (κ3) is 21.2. The van der Waals surface area contributed by atoms with E-state index in [0.717, 1.165) is 51.6 Å². The number of hydrogen-bond acceptors (Lipinski definition) is 6. The molecule has 0 radical (unpaired) electrons. The van der Waals surface area contributed by atoms with Crippen LogP contribution in [0.15, 0.2) is 0 Å². The van der Waals surface area contributed by atoms with Crippen LogP contribution in [0.2, 0.25) is 0 Å². The van der Waals surface area contributed by atoms with Gasteiger partial charge in [-0.25, -0.2) is 0 Å². The maximum Gasteiger partial charge on any atom is 0.307 e. The van der Waals surface area contributed by atoms with Crippen molar-refractivity contribution in [2.45, 2.75) is 90.9 Å². The van der Waals surface area contributed by atoms with Crippen LogP contribution in [-0.2, 0) is 19.1 Å². The van der Waals surface area contributed by atoms with E-state index in [4.69, 9.17) is 9.47 Å². The molecule has 0 aliphatic heterocycles. The molecule has 0 aromatic rings. The molecule has 166 valence electrons. The van der Waals surface area contributed by atoms with Crippen molar-refractivity contribution in [2.24, 2.45) is 0 Å². The molecular formula is C22H44N2O4. The molecule has 0 aromatic heterocycles. The van der Waals surface area contributed by atoms with Crippen molar-refractivity contribution in [1.29, 1.82) is 0 Å². The molecule has 6 heteroatoms. The van der Waals surface area contributed by atoms with E-state index in [-0.39, 0.29) is 11.9 Å². The fraction of sp³-hybridized carbons (Fsp3) is 0.909. The lowest BCUT2D eigenvalue weighted by Crippen LogP contribution is -2.23. The molecule has 0 aliphatic rings. The number of ether oxygens (including phenoxy) is 2. The zero-order chi connectivity index (χ0) is 20.7. The summed E-state index contributed by atoms with van der Waals surface area (Å²) in [4.78, 5) is 23.1. The van der Waals surface area contributed by atoms with Crippen LogP contribution in [0.1, 0.15) is 90.9 Å². The van der Waals surface area contributed by atoms with Crippen molar-refractivity contribution in [3.8, 4) is 0 Å². The highest BCUT2D eigenvalue weighted by Gasteiger charge is 2.03. The van der Waals surface area contributed by atoms with Gasteiger partial charge in [-0.1, -0.05) is 52.4 Å². The zero-order valence-corrected chi connectivity index (χ0v) is 18.4. The van der Waals surface area contributed by atoms with Gasteiger partial charge in [-0.15, -0.1) is 0 Å². The van der Waals surface area contributed by atoms with Crippen molar-refractivity contribution in [3.63, 3.8) is 0 Å². The molecule has 0 aliphatic carbocycles. The van der Waals surface area contributed by atoms with Crippen LogP contribution in [0.4, 0.5) is 0 Å². The Labute approximate surface area is 172 Å². The minimum absolute atomic E-state index is 0.108. The number of carbonyl (C=O) groups is 2. The summed E-state index contributed by atoms with van der Waals surface area (Å²) in [5.41, 5.74) is 0. The second-order valence-electron chi connectivity index (χ2n) is 7.27. The van der Waals surface area contributed by atoms with Gasteiger partial charge in [0.15, 0.2) is 0 Å². The van der Waals surface area contributed by atoms with E-state index in [0.29, 0.717) is 39.1 Å². The Morgan fingerprint density at radius 1 is 0.571 bits per heavy atom. The van der Waals surface area contributed by atoms with Crippen molar-refractivity contribution in [1.82, 2.24) is 10.6 Å². The number of hydrogen-bond donors (Lipinski definition) is 2. The van der Waals surface area contributed by atoms with Crippen molar-refractivity contribution in [3.05, 3.63) is 0 Å². The standard InChI is InChI=1S/C22H44N2O4/c1-3-5-7-11-19-27-21(25)13-17-23-15-9-10-16-24-18-14-22(26)28-20-12-8-6-4-2/h23-24H,3-20H2,1-2H3. The summed E-state index contributed by atoms with van der Waals surface area (Å²) >= 11 is 0. The number of carbonyl (C=O) groups excluding carboxylic acids is 2. The van der Waals surface area contributed by atoms with Crippen LogP contribution >= 0.6 is 0 Å². The fourth-order valence-electron chi connectivity index (χ4n) is 2.70. The average Bonchev–Trinajstić information content (AvgIpc) is 2.69. The predicted molar refractivity (Wildman–Crippen MR) is 114 cm³/mol. The van der Waals surface area contributed by atoms with Crippen LogP contribution in [0.25, 0.3) is 0 Å². The Balaban J connectivity index is 3.22. The summed E-state index contributed by atoms with van der Waals surface area (Å²) in [5.74, 6) is -0.217. The Kier molecular flexibility index (Phi) is 21.3. The van der Waals surface area contributed by atoms with E-state index >= 15 is 0 Å². The molecule has 0 amide bonds. The first-order valence-electron chi connectivity index (χ1n) is 11.4. The van der Waals surface area contributed by atoms with E-state index < -0.39 is 0 Å². The highest BCUT2D eigenvalue weighted by molar-refractivity contribution is 5.69. The van der Waals surface area contributed by atoms with Gasteiger partial charge in [-0.05, 0) is 38.8 Å². The lowest BCUT2D eigenvalue weighted by atomic mass is 10.2. The summed E-state index contributed by atoms with van der Waals surface area (Å²) in [7, 11) is 0. The van der Waals surface area contributed by atoms with Crippen molar-refractivity contribution in [2.75, 3.05) is 39.4 Å². The van der Waals surface area contributed by atoms with E-state index in [9.17, 15) is 9.59 Å². The third-order valence-corrected chi connectivity index (χ3v) is 4.49. The van der Waals surface area contributed by atoms with Gasteiger partial charge < -0.3 is 20.1 Å². The van der Waals surface area contributed by atoms with Crippen molar-refractivity contribution >= 4 is 11.9 Å². The first-order valence-corrected chi connectivity index (χ1v) is 11.4. The Hall–Kier alpha value is -1.14. The van der Waals surface area contributed by atoms with Crippen LogP contribution in [-0.4, -0.2) is 51.3 Å². The van der Waals surface area contributed by atoms with E-state index in [1.54, 1.807) is 0 Å². The monoisotopic (exact) mass is 400 g/mol. The van der Waals surface area contributed by atoms with Gasteiger partial charge in [0.1, 0.15) is 0 Å². The summed E-state index contributed by atoms with van der Waals surface area (Å²) in [6.07, 6.45) is 12.0. The highest BCUT2D eigenvalue weighted by atomic mass is 16.5. The summed E-state index contributed by atoms with van der Waals surface area (Å²) in [6, 6.07) is 0. The van der Waals surface area contributed by atoms with Crippen LogP contribution in [0, 0.1) is 0 Å². The minimum atomic E-state index is -0.108. The van der Waals surface area contributed by atoms with Gasteiger partial charge in [0.05, 0.1) is 26.1 Å². The molecule has 2 N–H and O–H groups in total. The highest BCUT2D eigenvalue weighted by Crippen LogP contribution is 2.00. The maximum atomic E-state index is 11.5. The number of unbranched alkanes of at least 4 members (excludes halogenated alkanes) is 7. The van der Waals surface area contributed by atoms with Crippen LogP contribution < -0.4 is 10.6 Å². The lowest BCUT2D eigenvalue weighted by Gasteiger charge is -2.07. The van der Waals surface area contributed by atoms with Gasteiger partial charge in [-0.2, -0.15) is 0 Å². The molecule has 0 atom stereocenters. The normalized spacial score (nSPS) is 10.8. The van der Waals surface area contributed by atoms with Crippen LogP contribution in [0.3, 0.4) is 0 Å². The smallest absolute Gasteiger partial charge is 0.307 e. The molecule has 0 bridgehead atoms. The first kappa shape index (κ1) is 26.9. The maximum absolute atomic E-state index is 11.5. The fourth-order valence-corrected chi connectivity index (χ4v) is 2.70. The molecule has 0 heterocycles. The molecule has 0 fully saturated rings. The van der Waals surface area contributed by atoms with Crippen molar-refractivity contribution < 1.29 is 19.1 Å². The largest absolute Gasteiger partial charge is 0.466 e. The average molecular weight is 401 g/mol. The summed E-state index contributed by atoms with van der Waals surface area (Å²) in [5, 5.41) is 6.54. The van der Waals surface area contributed by atoms with Crippen LogP contribution in [0.5, 0.6) is 0 Å². The van der Waals surface area contributed by atoms with Gasteiger partial charge in [0.2, 0.25) is 0 Å². The zero-order valence-electron chi connectivity index (χ0n) is 18.4. The summed E-state index contributed by atoms with van der Waals surface area (Å²) in [6.45, 7) is 8.57. The minimum Gasteiger partial charge on any atom is -0.466 e. The quantitative estimate of drug-likeness (QED) is 0.224. The second-order valence-corrected chi connectivity index (χ2v) is 7.27. The molecule has 28 heavy (non-hydrogen) atoms. The molecular weight excluding hydrogens is 356 g/mol. The predicted octanol–water partition coefficient (Wildman–Crippen LogP) is 3.97. The molecule has 0 rings (SSSR count). The van der Waals surface area contributed by atoms with Gasteiger partial charge in [0, 0.05) is 13.1 Å². The van der Waals surface area contributed by atoms with Gasteiger partial charge in [-0.3, -0.25) is 9.59 Å². The Morgan fingerprint density at radius 3 is 1.39 bits per heavy atom. The second kappa shape index (κ2) is 22.2. The summed E-state index contributed by atoms with van der Waals surface area (Å²) < 4.78 is 10.4.